The molecule has 1 aliphatic heterocycles. The molecular weight excluding hydrogens is 299 g/mol. The van der Waals surface area contributed by atoms with Crippen LogP contribution in [0.15, 0.2) is 17.0 Å². The van der Waals surface area contributed by atoms with Crippen LogP contribution in [0.3, 0.4) is 0 Å². The van der Waals surface area contributed by atoms with Gasteiger partial charge in [0.2, 0.25) is 10.0 Å². The number of anilines is 1. The van der Waals surface area contributed by atoms with Gasteiger partial charge in [0.25, 0.3) is 0 Å². The third kappa shape index (κ3) is 3.12. The first-order valence-corrected chi connectivity index (χ1v) is 8.09. The molecule has 0 radical (unpaired) electrons. The molecule has 21 heavy (non-hydrogen) atoms. The molecule has 6 nitrogen and oxygen atoms in total. The quantitative estimate of drug-likeness (QED) is 0.844. The van der Waals surface area contributed by atoms with Crippen LogP contribution in [0.2, 0.25) is 0 Å². The second-order valence-corrected chi connectivity index (χ2v) is 6.73. The van der Waals surface area contributed by atoms with Crippen molar-refractivity contribution >= 4 is 15.7 Å². The molecule has 0 amide bonds. The molecule has 2 rings (SSSR count). The summed E-state index contributed by atoms with van der Waals surface area (Å²) in [6.07, 6.45) is 0.569. The molecule has 1 atom stereocenters. The van der Waals surface area contributed by atoms with Gasteiger partial charge in [0.05, 0.1) is 30.4 Å². The molecule has 1 fully saturated rings. The number of morpholine rings is 1. The maximum Gasteiger partial charge on any atom is 0.243 e. The van der Waals surface area contributed by atoms with Crippen molar-refractivity contribution in [3.8, 4) is 5.75 Å². The zero-order valence-electron chi connectivity index (χ0n) is 12.0. The van der Waals surface area contributed by atoms with E-state index in [4.69, 9.17) is 15.2 Å². The van der Waals surface area contributed by atoms with Gasteiger partial charge >= 0.3 is 0 Å². The predicted molar refractivity (Wildman–Crippen MR) is 76.2 cm³/mol. The zero-order chi connectivity index (χ0) is 15.6. The molecule has 0 saturated carbocycles. The Hall–Kier alpha value is -1.38. The summed E-state index contributed by atoms with van der Waals surface area (Å²) in [5.74, 6) is -0.946. The molecule has 1 saturated heterocycles. The number of hydrogen-bond acceptors (Lipinski definition) is 5. The molecule has 8 heteroatoms. The van der Waals surface area contributed by atoms with E-state index in [-0.39, 0.29) is 35.5 Å². The molecule has 1 unspecified atom stereocenters. The second kappa shape index (κ2) is 6.17. The van der Waals surface area contributed by atoms with Gasteiger partial charge in [-0.1, -0.05) is 6.92 Å². The largest absolute Gasteiger partial charge is 0.492 e. The van der Waals surface area contributed by atoms with Gasteiger partial charge in [0, 0.05) is 13.1 Å². The topological polar surface area (TPSA) is 81.9 Å². The van der Waals surface area contributed by atoms with E-state index in [9.17, 15) is 12.8 Å². The van der Waals surface area contributed by atoms with Crippen LogP contribution in [0.4, 0.5) is 10.1 Å². The summed E-state index contributed by atoms with van der Waals surface area (Å²) in [4.78, 5) is -0.171. The van der Waals surface area contributed by atoms with Gasteiger partial charge in [-0.15, -0.1) is 0 Å². The van der Waals surface area contributed by atoms with Crippen LogP contribution in [0.1, 0.15) is 13.3 Å². The van der Waals surface area contributed by atoms with E-state index in [1.807, 2.05) is 6.92 Å². The highest BCUT2D eigenvalue weighted by Gasteiger charge is 2.31. The standard InChI is InChI=1S/C13H19FN2O4S/c1-3-9-8-16(4-5-20-9)21(17,18)10-6-11(14)13(19-2)12(15)7-10/h6-7,9H,3-5,8,15H2,1-2H3. The molecule has 1 aromatic rings. The van der Waals surface area contributed by atoms with Crippen LogP contribution in [-0.4, -0.2) is 45.6 Å². The smallest absolute Gasteiger partial charge is 0.243 e. The van der Waals surface area contributed by atoms with Gasteiger partial charge in [-0.25, -0.2) is 12.8 Å². The van der Waals surface area contributed by atoms with Crippen molar-refractivity contribution in [1.29, 1.82) is 0 Å². The Morgan fingerprint density at radius 1 is 1.52 bits per heavy atom. The minimum Gasteiger partial charge on any atom is -0.492 e. The maximum atomic E-state index is 13.8. The van der Waals surface area contributed by atoms with E-state index in [1.165, 1.54) is 17.5 Å². The summed E-state index contributed by atoms with van der Waals surface area (Å²) < 4.78 is 50.5. The second-order valence-electron chi connectivity index (χ2n) is 4.79. The Morgan fingerprint density at radius 2 is 2.24 bits per heavy atom. The molecule has 2 N–H and O–H groups in total. The number of nitrogens with two attached hydrogens (primary N) is 1. The first-order valence-electron chi connectivity index (χ1n) is 6.65. The number of rotatable bonds is 4. The van der Waals surface area contributed by atoms with Crippen molar-refractivity contribution in [2.45, 2.75) is 24.3 Å². The average molecular weight is 318 g/mol. The molecule has 0 aromatic heterocycles. The minimum atomic E-state index is -3.80. The van der Waals surface area contributed by atoms with Crippen molar-refractivity contribution < 1.29 is 22.3 Å². The average Bonchev–Trinajstić information content (AvgIpc) is 2.47. The van der Waals surface area contributed by atoms with E-state index >= 15 is 0 Å². The summed E-state index contributed by atoms with van der Waals surface area (Å²) in [5.41, 5.74) is 5.59. The number of methoxy groups -OCH3 is 1. The van der Waals surface area contributed by atoms with E-state index in [0.717, 1.165) is 6.07 Å². The lowest BCUT2D eigenvalue weighted by Gasteiger charge is -2.31. The normalized spacial score (nSPS) is 20.4. The number of sulfonamides is 1. The third-order valence-corrected chi connectivity index (χ3v) is 5.29. The van der Waals surface area contributed by atoms with Gasteiger partial charge in [-0.3, -0.25) is 0 Å². The summed E-state index contributed by atoms with van der Waals surface area (Å²) >= 11 is 0. The van der Waals surface area contributed by atoms with E-state index in [2.05, 4.69) is 0 Å². The molecule has 118 valence electrons. The Labute approximate surface area is 123 Å². The van der Waals surface area contributed by atoms with Crippen molar-refractivity contribution in [3.05, 3.63) is 17.9 Å². The molecule has 0 aliphatic carbocycles. The van der Waals surface area contributed by atoms with Crippen LogP contribution in [0, 0.1) is 5.82 Å². The Bertz CT molecular complexity index is 598. The predicted octanol–water partition coefficient (Wildman–Crippen LogP) is 1.22. The highest BCUT2D eigenvalue weighted by atomic mass is 32.2. The third-order valence-electron chi connectivity index (χ3n) is 3.44. The van der Waals surface area contributed by atoms with Crippen molar-refractivity contribution in [2.75, 3.05) is 32.5 Å². The number of benzene rings is 1. The molecule has 1 aromatic carbocycles. The highest BCUT2D eigenvalue weighted by molar-refractivity contribution is 7.89. The van der Waals surface area contributed by atoms with Crippen LogP contribution >= 0.6 is 0 Å². The van der Waals surface area contributed by atoms with Gasteiger partial charge < -0.3 is 15.2 Å². The SMILES string of the molecule is CCC1CN(S(=O)(=O)c2cc(N)c(OC)c(F)c2)CCO1. The Morgan fingerprint density at radius 3 is 2.81 bits per heavy atom. The summed E-state index contributed by atoms with van der Waals surface area (Å²) in [7, 11) is -2.52. The van der Waals surface area contributed by atoms with Gasteiger partial charge in [0.1, 0.15) is 0 Å². The first kappa shape index (κ1) is 16.0. The lowest BCUT2D eigenvalue weighted by Crippen LogP contribution is -2.45. The van der Waals surface area contributed by atoms with E-state index < -0.39 is 15.8 Å². The minimum absolute atomic E-state index is 0.0450. The molecular formula is C13H19FN2O4S. The van der Waals surface area contributed by atoms with Crippen LogP contribution < -0.4 is 10.5 Å². The monoisotopic (exact) mass is 318 g/mol. The fourth-order valence-electron chi connectivity index (χ4n) is 2.26. The lowest BCUT2D eigenvalue weighted by molar-refractivity contribution is -0.00278. The van der Waals surface area contributed by atoms with Crippen molar-refractivity contribution in [2.24, 2.45) is 0 Å². The van der Waals surface area contributed by atoms with Gasteiger partial charge in [-0.2, -0.15) is 4.31 Å². The maximum absolute atomic E-state index is 13.8. The van der Waals surface area contributed by atoms with E-state index in [1.54, 1.807) is 0 Å². The number of nitrogen functional groups attached to an aromatic ring is 1. The zero-order valence-corrected chi connectivity index (χ0v) is 12.8. The lowest BCUT2D eigenvalue weighted by atomic mass is 10.2. The van der Waals surface area contributed by atoms with Crippen molar-refractivity contribution in [3.63, 3.8) is 0 Å². The fourth-order valence-corrected chi connectivity index (χ4v) is 3.76. The van der Waals surface area contributed by atoms with Crippen LogP contribution in [0.25, 0.3) is 0 Å². The number of hydrogen-bond donors (Lipinski definition) is 1. The van der Waals surface area contributed by atoms with Crippen LogP contribution in [0.5, 0.6) is 5.75 Å². The molecule has 0 bridgehead atoms. The number of nitrogens with zero attached hydrogens (tertiary/aromatic N) is 1. The van der Waals surface area contributed by atoms with Crippen molar-refractivity contribution in [1.82, 2.24) is 4.31 Å². The number of ether oxygens (including phenoxy) is 2. The molecule has 0 spiro atoms. The van der Waals surface area contributed by atoms with E-state index in [0.29, 0.717) is 13.0 Å². The summed E-state index contributed by atoms with van der Waals surface area (Å²) in [6, 6.07) is 2.15. The summed E-state index contributed by atoms with van der Waals surface area (Å²) in [6.45, 7) is 2.75. The Balaban J connectivity index is 2.35. The Kier molecular flexibility index (Phi) is 4.70. The first-order chi connectivity index (χ1) is 9.90. The van der Waals surface area contributed by atoms with Gasteiger partial charge in [0.15, 0.2) is 11.6 Å². The molecule has 1 heterocycles. The summed E-state index contributed by atoms with van der Waals surface area (Å²) in [5, 5.41) is 0. The number of halogens is 1. The van der Waals surface area contributed by atoms with Gasteiger partial charge in [-0.05, 0) is 18.6 Å². The van der Waals surface area contributed by atoms with Crippen LogP contribution in [-0.2, 0) is 14.8 Å². The molecule has 1 aliphatic rings. The fraction of sp³-hybridized carbons (Fsp3) is 0.538. The highest BCUT2D eigenvalue weighted by Crippen LogP contribution is 2.30.